The van der Waals surface area contributed by atoms with E-state index in [4.69, 9.17) is 34.2 Å². The van der Waals surface area contributed by atoms with E-state index >= 15 is 0 Å². The number of rotatable bonds is 14. The molecule has 0 amide bonds. The van der Waals surface area contributed by atoms with Gasteiger partial charge in [-0.05, 0) is 85.4 Å². The van der Waals surface area contributed by atoms with Crippen molar-refractivity contribution in [3.05, 3.63) is 23.8 Å². The maximum atomic E-state index is 12.7. The number of hydrogen-bond acceptors (Lipinski definition) is 11. The van der Waals surface area contributed by atoms with Crippen molar-refractivity contribution < 1.29 is 47.6 Å². The fraction of sp³-hybridized carbons (Fsp3) is 0.667. The molecule has 41 heavy (non-hydrogen) atoms. The van der Waals surface area contributed by atoms with Crippen molar-refractivity contribution in [3.63, 3.8) is 0 Å². The summed E-state index contributed by atoms with van der Waals surface area (Å²) in [6.45, 7) is 15.8. The lowest BCUT2D eigenvalue weighted by Gasteiger charge is -2.25. The Hall–Kier alpha value is -3.34. The maximum Gasteiger partial charge on any atom is 0.514 e. The third-order valence-electron chi connectivity index (χ3n) is 6.01. The average Bonchev–Trinajstić information content (AvgIpc) is 2.84. The normalized spacial score (nSPS) is 15.0. The molecule has 0 heterocycles. The molecule has 0 aliphatic carbocycles. The summed E-state index contributed by atoms with van der Waals surface area (Å²) in [5.74, 6) is -1.30. The molecule has 1 aromatic carbocycles. The Labute approximate surface area is 243 Å². The van der Waals surface area contributed by atoms with Crippen LogP contribution in [0.5, 0.6) is 11.5 Å². The molecule has 0 spiro atoms. The van der Waals surface area contributed by atoms with E-state index in [1.807, 2.05) is 13.8 Å². The summed E-state index contributed by atoms with van der Waals surface area (Å²) < 4.78 is 32.0. The molecule has 2 N–H and O–H groups in total. The molecule has 11 nitrogen and oxygen atoms in total. The van der Waals surface area contributed by atoms with Crippen molar-refractivity contribution in [2.45, 2.75) is 125 Å². The Morgan fingerprint density at radius 2 is 1.24 bits per heavy atom. The smallest absolute Gasteiger partial charge is 0.458 e. The van der Waals surface area contributed by atoms with Crippen molar-refractivity contribution in [1.82, 2.24) is 0 Å². The molecule has 0 aliphatic heterocycles. The molecule has 0 aliphatic rings. The molecule has 5 atom stereocenters. The van der Waals surface area contributed by atoms with E-state index in [0.717, 1.165) is 12.8 Å². The standard InChI is InChI=1S/C30H47NO10/c1-10-12-18(3)36-28(34)40-24-15-14-22(17-25(24)41-29(35)37-19(4)13-11-2)16-23(31)26(32)38-20(5)21(6)39-27(33)30(7,8)9/h14-15,17-21,23H,10-13,16,31H2,1-9H3/t18-,19?,20?,21?,23-/m0/s1. The van der Waals surface area contributed by atoms with Gasteiger partial charge in [-0.2, -0.15) is 0 Å². The van der Waals surface area contributed by atoms with E-state index in [0.29, 0.717) is 18.4 Å². The van der Waals surface area contributed by atoms with Gasteiger partial charge in [0.25, 0.3) is 0 Å². The molecule has 0 fully saturated rings. The average molecular weight is 582 g/mol. The monoisotopic (exact) mass is 581 g/mol. The second-order valence-corrected chi connectivity index (χ2v) is 11.2. The van der Waals surface area contributed by atoms with Crippen LogP contribution < -0.4 is 15.2 Å². The highest BCUT2D eigenvalue weighted by Gasteiger charge is 2.29. The molecule has 3 unspecified atom stereocenters. The van der Waals surface area contributed by atoms with Crippen molar-refractivity contribution >= 4 is 24.2 Å². The molecule has 0 saturated heterocycles. The number of hydrogen-bond donors (Lipinski definition) is 1. The summed E-state index contributed by atoms with van der Waals surface area (Å²) in [5, 5.41) is 0. The van der Waals surface area contributed by atoms with Crippen LogP contribution in [0.4, 0.5) is 9.59 Å². The van der Waals surface area contributed by atoms with E-state index in [-0.39, 0.29) is 30.1 Å². The lowest BCUT2D eigenvalue weighted by molar-refractivity contribution is -0.171. The van der Waals surface area contributed by atoms with Gasteiger partial charge in [-0.1, -0.05) is 32.8 Å². The Kier molecular flexibility index (Phi) is 14.6. The van der Waals surface area contributed by atoms with Gasteiger partial charge in [-0.25, -0.2) is 9.59 Å². The number of carbonyl (C=O) groups is 4. The maximum absolute atomic E-state index is 12.7. The molecule has 0 radical (unpaired) electrons. The number of ether oxygens (including phenoxy) is 6. The molecule has 1 rings (SSSR count). The lowest BCUT2D eigenvalue weighted by atomic mass is 9.97. The fourth-order valence-electron chi connectivity index (χ4n) is 3.48. The first kappa shape index (κ1) is 35.7. The van der Waals surface area contributed by atoms with Crippen LogP contribution in [-0.2, 0) is 35.0 Å². The van der Waals surface area contributed by atoms with Crippen LogP contribution in [-0.4, -0.2) is 54.7 Å². The van der Waals surface area contributed by atoms with Gasteiger partial charge in [0.2, 0.25) is 0 Å². The van der Waals surface area contributed by atoms with Crippen LogP contribution in [0.15, 0.2) is 18.2 Å². The highest BCUT2D eigenvalue weighted by atomic mass is 16.7. The summed E-state index contributed by atoms with van der Waals surface area (Å²) in [6, 6.07) is 3.32. The minimum Gasteiger partial charge on any atom is -0.458 e. The zero-order chi connectivity index (χ0) is 31.3. The molecular formula is C30H47NO10. The SMILES string of the molecule is CCCC(C)OC(=O)Oc1cc(C[C@H](N)C(=O)OC(C)C(C)OC(=O)C(C)(C)C)ccc1OC(=O)O[C@@H](C)CCC. The zero-order valence-electron chi connectivity index (χ0n) is 25.8. The van der Waals surface area contributed by atoms with Gasteiger partial charge in [0.1, 0.15) is 30.5 Å². The van der Waals surface area contributed by atoms with Gasteiger partial charge in [0.15, 0.2) is 11.5 Å². The molecule has 1 aromatic rings. The van der Waals surface area contributed by atoms with E-state index in [1.165, 1.54) is 12.1 Å². The van der Waals surface area contributed by atoms with E-state index in [2.05, 4.69) is 0 Å². The summed E-state index contributed by atoms with van der Waals surface area (Å²) in [6.07, 6.45) is -1.15. The molecular weight excluding hydrogens is 534 g/mol. The Morgan fingerprint density at radius 1 is 0.756 bits per heavy atom. The predicted octanol–water partition coefficient (Wildman–Crippen LogP) is 5.87. The molecule has 11 heteroatoms. The molecule has 0 bridgehead atoms. The molecule has 0 saturated carbocycles. The minimum atomic E-state index is -1.08. The molecule has 0 aromatic heterocycles. The second-order valence-electron chi connectivity index (χ2n) is 11.2. The molecule has 232 valence electrons. The Balaban J connectivity index is 3.00. The first-order chi connectivity index (χ1) is 19.1. The van der Waals surface area contributed by atoms with E-state index in [1.54, 1.807) is 54.5 Å². The Morgan fingerprint density at radius 3 is 1.73 bits per heavy atom. The predicted molar refractivity (Wildman–Crippen MR) is 152 cm³/mol. The van der Waals surface area contributed by atoms with Crippen LogP contribution in [0.2, 0.25) is 0 Å². The van der Waals surface area contributed by atoms with Crippen LogP contribution >= 0.6 is 0 Å². The summed E-state index contributed by atoms with van der Waals surface area (Å²) in [4.78, 5) is 49.5. The van der Waals surface area contributed by atoms with Crippen LogP contribution in [0.25, 0.3) is 0 Å². The van der Waals surface area contributed by atoms with E-state index in [9.17, 15) is 19.2 Å². The minimum absolute atomic E-state index is 0.0115. The van der Waals surface area contributed by atoms with Crippen molar-refractivity contribution in [1.29, 1.82) is 0 Å². The van der Waals surface area contributed by atoms with E-state index < -0.39 is 47.9 Å². The summed E-state index contributed by atoms with van der Waals surface area (Å²) >= 11 is 0. The number of carbonyl (C=O) groups excluding carboxylic acids is 4. The number of esters is 2. The van der Waals surface area contributed by atoms with Gasteiger partial charge in [0.05, 0.1) is 5.41 Å². The van der Waals surface area contributed by atoms with Gasteiger partial charge in [-0.3, -0.25) is 9.59 Å². The lowest BCUT2D eigenvalue weighted by Crippen LogP contribution is -2.40. The second kappa shape index (κ2) is 16.8. The highest BCUT2D eigenvalue weighted by molar-refractivity contribution is 5.77. The highest BCUT2D eigenvalue weighted by Crippen LogP contribution is 2.30. The van der Waals surface area contributed by atoms with Gasteiger partial charge in [0, 0.05) is 0 Å². The topological polar surface area (TPSA) is 150 Å². The van der Waals surface area contributed by atoms with Crippen LogP contribution in [0.1, 0.15) is 93.6 Å². The Bertz CT molecular complexity index is 1020. The quantitative estimate of drug-likeness (QED) is 0.159. The number of nitrogens with two attached hydrogens (primary N) is 1. The first-order valence-corrected chi connectivity index (χ1v) is 14.1. The summed E-state index contributed by atoms with van der Waals surface area (Å²) in [7, 11) is 0. The third kappa shape index (κ3) is 13.2. The van der Waals surface area contributed by atoms with Gasteiger partial charge < -0.3 is 34.2 Å². The number of benzene rings is 1. The van der Waals surface area contributed by atoms with Gasteiger partial charge >= 0.3 is 24.2 Å². The largest absolute Gasteiger partial charge is 0.514 e. The van der Waals surface area contributed by atoms with Crippen LogP contribution in [0.3, 0.4) is 0 Å². The van der Waals surface area contributed by atoms with Crippen molar-refractivity contribution in [3.8, 4) is 11.5 Å². The zero-order valence-corrected chi connectivity index (χ0v) is 25.8. The fourth-order valence-corrected chi connectivity index (χ4v) is 3.48. The first-order valence-electron chi connectivity index (χ1n) is 14.1. The summed E-state index contributed by atoms with van der Waals surface area (Å²) in [5.41, 5.74) is 5.90. The van der Waals surface area contributed by atoms with Crippen LogP contribution in [0, 0.1) is 5.41 Å². The third-order valence-corrected chi connectivity index (χ3v) is 6.01. The van der Waals surface area contributed by atoms with Crippen molar-refractivity contribution in [2.75, 3.05) is 0 Å². The van der Waals surface area contributed by atoms with Gasteiger partial charge in [-0.15, -0.1) is 0 Å². The van der Waals surface area contributed by atoms with Crippen molar-refractivity contribution in [2.24, 2.45) is 11.1 Å².